The molecule has 0 radical (unpaired) electrons. The van der Waals surface area contributed by atoms with Gasteiger partial charge < -0.3 is 5.11 Å². The van der Waals surface area contributed by atoms with Gasteiger partial charge in [0.1, 0.15) is 5.75 Å². The van der Waals surface area contributed by atoms with Gasteiger partial charge in [-0.05, 0) is 47.2 Å². The van der Waals surface area contributed by atoms with E-state index in [1.807, 2.05) is 48.5 Å². The minimum absolute atomic E-state index is 0.247. The van der Waals surface area contributed by atoms with Gasteiger partial charge in [0.25, 0.3) is 0 Å². The number of phenolic OH excluding ortho intramolecular Hbond substituents is 1. The van der Waals surface area contributed by atoms with E-state index in [0.29, 0.717) is 18.6 Å². The molecule has 2 aliphatic carbocycles. The lowest BCUT2D eigenvalue weighted by molar-refractivity contribution is 0.0986. The second-order valence-electron chi connectivity index (χ2n) is 6.92. The van der Waals surface area contributed by atoms with Crippen molar-refractivity contribution in [3.8, 4) is 16.9 Å². The molecule has 0 atom stereocenters. The van der Waals surface area contributed by atoms with Crippen molar-refractivity contribution in [2.24, 2.45) is 0 Å². The number of phenols is 1. The summed E-state index contributed by atoms with van der Waals surface area (Å²) in [6, 6.07) is 20.9. The number of carbonyl (C=O) groups is 2. The number of hydrogen-bond donors (Lipinski definition) is 1. The van der Waals surface area contributed by atoms with Gasteiger partial charge in [0.05, 0.1) is 0 Å². The van der Waals surface area contributed by atoms with E-state index in [4.69, 9.17) is 0 Å². The maximum atomic E-state index is 11.5. The predicted octanol–water partition coefficient (Wildman–Crippen LogP) is 5.00. The van der Waals surface area contributed by atoms with Gasteiger partial charge in [0, 0.05) is 24.0 Å². The summed E-state index contributed by atoms with van der Waals surface area (Å²) in [6.07, 6.45) is 3.13. The van der Waals surface area contributed by atoms with Crippen molar-refractivity contribution < 1.29 is 14.7 Å². The maximum Gasteiger partial charge on any atom is 0.163 e. The lowest BCUT2D eigenvalue weighted by Crippen LogP contribution is -1.90. The van der Waals surface area contributed by atoms with E-state index >= 15 is 0 Å². The molecular formula is C24H20O3. The molecule has 0 saturated heterocycles. The summed E-state index contributed by atoms with van der Waals surface area (Å²) >= 11 is 0. The zero-order chi connectivity index (χ0) is 18.8. The number of hydrogen-bond acceptors (Lipinski definition) is 3. The van der Waals surface area contributed by atoms with Crippen molar-refractivity contribution in [3.63, 3.8) is 0 Å². The van der Waals surface area contributed by atoms with Crippen LogP contribution in [0.15, 0.2) is 66.7 Å². The van der Waals surface area contributed by atoms with Crippen molar-refractivity contribution in [1.29, 1.82) is 0 Å². The number of benzene rings is 3. The normalized spacial score (nSPS) is 14.4. The molecule has 3 heteroatoms. The Labute approximate surface area is 158 Å². The number of aromatic hydroxyl groups is 1. The molecule has 0 unspecified atom stereocenters. The Morgan fingerprint density at radius 2 is 1.19 bits per heavy atom. The van der Waals surface area contributed by atoms with E-state index < -0.39 is 0 Å². The van der Waals surface area contributed by atoms with Gasteiger partial charge in [-0.15, -0.1) is 0 Å². The number of carbonyl (C=O) groups excluding carboxylic acids is 2. The summed E-state index contributed by atoms with van der Waals surface area (Å²) in [6.45, 7) is 0. The molecule has 3 aromatic rings. The highest BCUT2D eigenvalue weighted by molar-refractivity contribution is 6.01. The molecular weight excluding hydrogens is 336 g/mol. The van der Waals surface area contributed by atoms with Crippen LogP contribution in [0.4, 0.5) is 0 Å². The predicted molar refractivity (Wildman–Crippen MR) is 105 cm³/mol. The zero-order valence-corrected chi connectivity index (χ0v) is 14.9. The Hall–Kier alpha value is -3.20. The molecule has 3 aromatic carbocycles. The lowest BCUT2D eigenvalue weighted by Gasteiger charge is -2.04. The largest absolute Gasteiger partial charge is 0.508 e. The fourth-order valence-electron chi connectivity index (χ4n) is 3.68. The van der Waals surface area contributed by atoms with E-state index in [1.54, 1.807) is 12.1 Å². The van der Waals surface area contributed by atoms with E-state index in [0.717, 1.165) is 40.7 Å². The number of aryl methyl sites for hydroxylation is 2. The Kier molecular flexibility index (Phi) is 4.59. The molecule has 5 rings (SSSR count). The molecule has 2 aliphatic rings. The molecule has 0 aliphatic heterocycles. The van der Waals surface area contributed by atoms with E-state index in [1.165, 1.54) is 5.56 Å². The number of rotatable bonds is 1. The first-order valence-corrected chi connectivity index (χ1v) is 9.18. The van der Waals surface area contributed by atoms with Gasteiger partial charge in [-0.2, -0.15) is 0 Å². The van der Waals surface area contributed by atoms with Crippen LogP contribution in [-0.2, 0) is 12.8 Å². The smallest absolute Gasteiger partial charge is 0.163 e. The van der Waals surface area contributed by atoms with Gasteiger partial charge in [0.15, 0.2) is 11.6 Å². The van der Waals surface area contributed by atoms with E-state index in [9.17, 15) is 14.7 Å². The van der Waals surface area contributed by atoms with Crippen LogP contribution in [0.25, 0.3) is 11.1 Å². The number of Topliss-reactive ketones (excluding diaryl/α,β-unsaturated/α-hetero) is 2. The SMILES string of the molecule is O=C1CCc2cc(-c3ccc(O)cc3)ccc21.O=C1CCc2ccccc21. The third-order valence-corrected chi connectivity index (χ3v) is 5.17. The average molecular weight is 356 g/mol. The Morgan fingerprint density at radius 1 is 0.593 bits per heavy atom. The fourth-order valence-corrected chi connectivity index (χ4v) is 3.68. The second-order valence-corrected chi connectivity index (χ2v) is 6.92. The summed E-state index contributed by atoms with van der Waals surface area (Å²) in [5.41, 5.74) is 6.31. The van der Waals surface area contributed by atoms with Crippen LogP contribution < -0.4 is 0 Å². The number of fused-ring (bicyclic) bond motifs is 2. The summed E-state index contributed by atoms with van der Waals surface area (Å²) in [4.78, 5) is 22.6. The number of ketones is 2. The van der Waals surface area contributed by atoms with Gasteiger partial charge in [-0.1, -0.05) is 54.6 Å². The zero-order valence-electron chi connectivity index (χ0n) is 14.9. The third kappa shape index (κ3) is 3.54. The van der Waals surface area contributed by atoms with Crippen molar-refractivity contribution in [2.45, 2.75) is 25.7 Å². The second kappa shape index (κ2) is 7.20. The van der Waals surface area contributed by atoms with Crippen molar-refractivity contribution in [1.82, 2.24) is 0 Å². The average Bonchev–Trinajstić information content (AvgIpc) is 3.26. The highest BCUT2D eigenvalue weighted by atomic mass is 16.3. The minimum Gasteiger partial charge on any atom is -0.508 e. The molecule has 27 heavy (non-hydrogen) atoms. The molecule has 0 bridgehead atoms. The lowest BCUT2D eigenvalue weighted by atomic mass is 10.0. The van der Waals surface area contributed by atoms with Crippen LogP contribution in [-0.4, -0.2) is 16.7 Å². The summed E-state index contributed by atoms with van der Waals surface area (Å²) < 4.78 is 0. The van der Waals surface area contributed by atoms with Gasteiger partial charge >= 0.3 is 0 Å². The highest BCUT2D eigenvalue weighted by Crippen LogP contribution is 2.28. The van der Waals surface area contributed by atoms with Gasteiger partial charge in [-0.3, -0.25) is 9.59 Å². The van der Waals surface area contributed by atoms with Crippen molar-refractivity contribution in [2.75, 3.05) is 0 Å². The minimum atomic E-state index is 0.247. The monoisotopic (exact) mass is 356 g/mol. The van der Waals surface area contributed by atoms with E-state index in [-0.39, 0.29) is 11.5 Å². The molecule has 0 heterocycles. The van der Waals surface area contributed by atoms with Gasteiger partial charge in [0.2, 0.25) is 0 Å². The first-order chi connectivity index (χ1) is 13.1. The molecule has 0 spiro atoms. The quantitative estimate of drug-likeness (QED) is 0.667. The van der Waals surface area contributed by atoms with Crippen molar-refractivity contribution >= 4 is 11.6 Å². The van der Waals surface area contributed by atoms with Gasteiger partial charge in [-0.25, -0.2) is 0 Å². The molecule has 0 amide bonds. The Balaban J connectivity index is 0.000000153. The first-order valence-electron chi connectivity index (χ1n) is 9.18. The van der Waals surface area contributed by atoms with Crippen LogP contribution in [0.2, 0.25) is 0 Å². The molecule has 0 saturated carbocycles. The fraction of sp³-hybridized carbons (Fsp3) is 0.167. The summed E-state index contributed by atoms with van der Waals surface area (Å²) in [5, 5.41) is 9.25. The Bertz CT molecular complexity index is 1020. The van der Waals surface area contributed by atoms with Crippen molar-refractivity contribution in [3.05, 3.63) is 89.0 Å². The van der Waals surface area contributed by atoms with Crippen LogP contribution in [0, 0.1) is 0 Å². The standard InChI is InChI=1S/C15H12O2.C9H8O/c16-13-5-1-10(2-6-13)11-3-7-14-12(9-11)4-8-15(14)17;10-9-6-5-7-3-1-2-4-8(7)9/h1-3,5-7,9,16H,4,8H2;1-4H,5-6H2. The molecule has 1 N–H and O–H groups in total. The molecule has 0 aromatic heterocycles. The Morgan fingerprint density at radius 3 is 1.89 bits per heavy atom. The summed E-state index contributed by atoms with van der Waals surface area (Å²) in [7, 11) is 0. The topological polar surface area (TPSA) is 54.4 Å². The van der Waals surface area contributed by atoms with E-state index in [2.05, 4.69) is 6.07 Å². The first kappa shape index (κ1) is 17.2. The van der Waals surface area contributed by atoms with Crippen LogP contribution >= 0.6 is 0 Å². The molecule has 3 nitrogen and oxygen atoms in total. The highest BCUT2D eigenvalue weighted by Gasteiger charge is 2.19. The van der Waals surface area contributed by atoms with Crippen LogP contribution in [0.5, 0.6) is 5.75 Å². The van der Waals surface area contributed by atoms with Crippen LogP contribution in [0.3, 0.4) is 0 Å². The maximum absolute atomic E-state index is 11.5. The van der Waals surface area contributed by atoms with Crippen LogP contribution in [0.1, 0.15) is 44.7 Å². The molecule has 134 valence electrons. The third-order valence-electron chi connectivity index (χ3n) is 5.17. The molecule has 0 fully saturated rings. The summed E-state index contributed by atoms with van der Waals surface area (Å²) in [5.74, 6) is 0.818.